The van der Waals surface area contributed by atoms with Gasteiger partial charge in [0.2, 0.25) is 0 Å². The van der Waals surface area contributed by atoms with Crippen molar-refractivity contribution in [3.05, 3.63) is 62.4 Å². The Morgan fingerprint density at radius 2 is 1.85 bits per heavy atom. The number of aromatic nitrogens is 1. The number of benzene rings is 2. The van der Waals surface area contributed by atoms with E-state index in [0.29, 0.717) is 10.7 Å². The van der Waals surface area contributed by atoms with Crippen LogP contribution in [0.1, 0.15) is 15.4 Å². The minimum absolute atomic E-state index is 0.0509. The molecule has 27 heavy (non-hydrogen) atoms. The molecule has 0 aliphatic carbocycles. The monoisotopic (exact) mass is 440 g/mol. The van der Waals surface area contributed by atoms with Gasteiger partial charge in [0, 0.05) is 22.9 Å². The molecule has 0 fully saturated rings. The van der Waals surface area contributed by atoms with Crippen LogP contribution in [0.25, 0.3) is 11.3 Å². The maximum absolute atomic E-state index is 12.5. The highest BCUT2D eigenvalue weighted by molar-refractivity contribution is 7.90. The number of nitrogens with one attached hydrogen (secondary N) is 1. The van der Waals surface area contributed by atoms with Crippen molar-refractivity contribution in [2.75, 3.05) is 11.6 Å². The lowest BCUT2D eigenvalue weighted by Gasteiger charge is -2.10. The van der Waals surface area contributed by atoms with E-state index in [1.54, 1.807) is 18.2 Å². The number of sulfone groups is 1. The Kier molecular flexibility index (Phi) is 5.58. The summed E-state index contributed by atoms with van der Waals surface area (Å²) in [4.78, 5) is 16.9. The molecular weight excluding hydrogens is 427 g/mol. The van der Waals surface area contributed by atoms with Gasteiger partial charge < -0.3 is 5.32 Å². The van der Waals surface area contributed by atoms with Crippen LogP contribution in [-0.4, -0.2) is 25.6 Å². The van der Waals surface area contributed by atoms with E-state index in [-0.39, 0.29) is 15.5 Å². The first-order chi connectivity index (χ1) is 12.6. The standard InChI is InChI=1S/C18H14Cl2N2O3S2/c1-10-21-17(9-26-10)13-5-3-11(7-15(13)19)22-18(23)14-6-4-12(8-16(14)20)27(2,24)25/h3-9H,1-2H3,(H,22,23). The lowest BCUT2D eigenvalue weighted by Crippen LogP contribution is -2.13. The third-order valence-corrected chi connectivity index (χ3v) is 6.24. The second-order valence-electron chi connectivity index (χ2n) is 5.81. The normalized spacial score (nSPS) is 11.4. The molecule has 0 saturated heterocycles. The van der Waals surface area contributed by atoms with Gasteiger partial charge in [-0.25, -0.2) is 13.4 Å². The smallest absolute Gasteiger partial charge is 0.257 e. The lowest BCUT2D eigenvalue weighted by atomic mass is 10.1. The molecule has 0 bridgehead atoms. The van der Waals surface area contributed by atoms with Gasteiger partial charge in [0.1, 0.15) is 0 Å². The number of hydrogen-bond donors (Lipinski definition) is 1. The molecular formula is C18H14Cl2N2O3S2. The number of thiazole rings is 1. The van der Waals surface area contributed by atoms with Gasteiger partial charge in [0.15, 0.2) is 9.84 Å². The molecule has 0 atom stereocenters. The van der Waals surface area contributed by atoms with Crippen LogP contribution in [-0.2, 0) is 9.84 Å². The summed E-state index contributed by atoms with van der Waals surface area (Å²) in [6, 6.07) is 9.10. The molecule has 0 aliphatic rings. The zero-order valence-corrected chi connectivity index (χ0v) is 17.4. The van der Waals surface area contributed by atoms with Crippen molar-refractivity contribution in [2.24, 2.45) is 0 Å². The van der Waals surface area contributed by atoms with E-state index in [2.05, 4.69) is 10.3 Å². The topological polar surface area (TPSA) is 76.1 Å². The van der Waals surface area contributed by atoms with Crippen LogP contribution >= 0.6 is 34.5 Å². The van der Waals surface area contributed by atoms with Crippen LogP contribution in [0.5, 0.6) is 0 Å². The Morgan fingerprint density at radius 3 is 2.41 bits per heavy atom. The number of nitrogens with zero attached hydrogens (tertiary/aromatic N) is 1. The molecule has 0 aliphatic heterocycles. The van der Waals surface area contributed by atoms with Crippen molar-refractivity contribution in [1.82, 2.24) is 4.98 Å². The first-order valence-corrected chi connectivity index (χ1v) is 11.2. The van der Waals surface area contributed by atoms with E-state index in [4.69, 9.17) is 23.2 Å². The van der Waals surface area contributed by atoms with E-state index in [9.17, 15) is 13.2 Å². The summed E-state index contributed by atoms with van der Waals surface area (Å²) in [5, 5.41) is 6.06. The Hall–Kier alpha value is -1.93. The molecule has 1 aromatic heterocycles. The number of aryl methyl sites for hydroxylation is 1. The highest BCUT2D eigenvalue weighted by Crippen LogP contribution is 2.31. The van der Waals surface area contributed by atoms with Crippen molar-refractivity contribution in [1.29, 1.82) is 0 Å². The van der Waals surface area contributed by atoms with Crippen LogP contribution in [0, 0.1) is 6.92 Å². The van der Waals surface area contributed by atoms with Crippen molar-refractivity contribution < 1.29 is 13.2 Å². The van der Waals surface area contributed by atoms with Crippen LogP contribution in [0.2, 0.25) is 10.0 Å². The van der Waals surface area contributed by atoms with Crippen molar-refractivity contribution in [3.8, 4) is 11.3 Å². The average Bonchev–Trinajstić information content (AvgIpc) is 3.00. The molecule has 1 heterocycles. The average molecular weight is 441 g/mol. The first-order valence-electron chi connectivity index (χ1n) is 7.68. The lowest BCUT2D eigenvalue weighted by molar-refractivity contribution is 0.102. The second-order valence-corrected chi connectivity index (χ2v) is 9.71. The SMILES string of the molecule is Cc1nc(-c2ccc(NC(=O)c3ccc(S(C)(=O)=O)cc3Cl)cc2Cl)cs1. The van der Waals surface area contributed by atoms with Gasteiger partial charge in [-0.1, -0.05) is 23.2 Å². The van der Waals surface area contributed by atoms with Gasteiger partial charge in [0.05, 0.1) is 31.2 Å². The molecule has 1 amide bonds. The van der Waals surface area contributed by atoms with Crippen molar-refractivity contribution in [2.45, 2.75) is 11.8 Å². The Balaban J connectivity index is 1.83. The minimum Gasteiger partial charge on any atom is -0.322 e. The van der Waals surface area contributed by atoms with Crippen LogP contribution in [0.3, 0.4) is 0 Å². The summed E-state index contributed by atoms with van der Waals surface area (Å²) in [5.74, 6) is -0.464. The third kappa shape index (κ3) is 4.50. The Labute approximate surface area is 170 Å². The van der Waals surface area contributed by atoms with Crippen molar-refractivity contribution in [3.63, 3.8) is 0 Å². The molecule has 9 heteroatoms. The molecule has 3 rings (SSSR count). The molecule has 0 unspecified atom stereocenters. The van der Waals surface area contributed by atoms with Gasteiger partial charge in [0.25, 0.3) is 5.91 Å². The summed E-state index contributed by atoms with van der Waals surface area (Å²) in [7, 11) is -3.40. The number of carbonyl (C=O) groups is 1. The van der Waals surface area contributed by atoms with E-state index >= 15 is 0 Å². The largest absolute Gasteiger partial charge is 0.322 e. The molecule has 0 spiro atoms. The summed E-state index contributed by atoms with van der Waals surface area (Å²) in [6.07, 6.45) is 1.08. The molecule has 3 aromatic rings. The predicted octanol–water partition coefficient (Wildman–Crippen LogP) is 5.08. The maximum Gasteiger partial charge on any atom is 0.257 e. The third-order valence-electron chi connectivity index (χ3n) is 3.74. The van der Waals surface area contributed by atoms with Crippen LogP contribution in [0.4, 0.5) is 5.69 Å². The summed E-state index contributed by atoms with van der Waals surface area (Å²) < 4.78 is 23.1. The van der Waals surface area contributed by atoms with Gasteiger partial charge >= 0.3 is 0 Å². The van der Waals surface area contributed by atoms with E-state index in [1.807, 2.05) is 12.3 Å². The number of hydrogen-bond acceptors (Lipinski definition) is 5. The fourth-order valence-corrected chi connectivity index (χ4v) is 4.27. The quantitative estimate of drug-likeness (QED) is 0.613. The number of amides is 1. The Morgan fingerprint density at radius 1 is 1.11 bits per heavy atom. The molecule has 0 radical (unpaired) electrons. The fourth-order valence-electron chi connectivity index (χ4n) is 2.40. The van der Waals surface area contributed by atoms with Crippen LogP contribution < -0.4 is 5.32 Å². The predicted molar refractivity (Wildman–Crippen MR) is 110 cm³/mol. The molecule has 140 valence electrons. The number of anilines is 1. The summed E-state index contributed by atoms with van der Waals surface area (Å²) in [5.41, 5.74) is 2.21. The fraction of sp³-hybridized carbons (Fsp3) is 0.111. The summed E-state index contributed by atoms with van der Waals surface area (Å²) >= 11 is 13.9. The first kappa shape index (κ1) is 19.8. The number of carbonyl (C=O) groups excluding carboxylic acids is 1. The van der Waals surface area contributed by atoms with Gasteiger partial charge in [-0.15, -0.1) is 11.3 Å². The van der Waals surface area contributed by atoms with Gasteiger partial charge in [-0.05, 0) is 43.3 Å². The molecule has 2 aromatic carbocycles. The van der Waals surface area contributed by atoms with Gasteiger partial charge in [-0.2, -0.15) is 0 Å². The second kappa shape index (κ2) is 7.59. The van der Waals surface area contributed by atoms with Crippen LogP contribution in [0.15, 0.2) is 46.7 Å². The van der Waals surface area contributed by atoms with Crippen molar-refractivity contribution >= 4 is 56.0 Å². The highest BCUT2D eigenvalue weighted by Gasteiger charge is 2.16. The molecule has 0 saturated carbocycles. The zero-order valence-electron chi connectivity index (χ0n) is 14.3. The number of rotatable bonds is 4. The summed E-state index contributed by atoms with van der Waals surface area (Å²) in [6.45, 7) is 1.91. The Bertz CT molecular complexity index is 1140. The van der Waals surface area contributed by atoms with E-state index in [0.717, 1.165) is 22.5 Å². The van der Waals surface area contributed by atoms with Gasteiger partial charge in [-0.3, -0.25) is 4.79 Å². The highest BCUT2D eigenvalue weighted by atomic mass is 35.5. The minimum atomic E-state index is -3.40. The molecule has 1 N–H and O–H groups in total. The van der Waals surface area contributed by atoms with E-state index < -0.39 is 15.7 Å². The molecule has 5 nitrogen and oxygen atoms in total. The zero-order chi connectivity index (χ0) is 19.8. The maximum atomic E-state index is 12.5. The van der Waals surface area contributed by atoms with E-state index in [1.165, 1.54) is 29.5 Å². The number of halogens is 2.